The molecule has 5 heteroatoms. The van der Waals surface area contributed by atoms with Gasteiger partial charge in [0.15, 0.2) is 0 Å². The van der Waals surface area contributed by atoms with E-state index in [2.05, 4.69) is 10.2 Å². The number of hydrogen-bond acceptors (Lipinski definition) is 3. The van der Waals surface area contributed by atoms with Crippen LogP contribution < -0.4 is 10.1 Å². The molecule has 1 aromatic carbocycles. The number of benzene rings is 1. The van der Waals surface area contributed by atoms with Gasteiger partial charge in [-0.3, -0.25) is 4.90 Å². The summed E-state index contributed by atoms with van der Waals surface area (Å²) in [5.41, 5.74) is 0. The zero-order valence-electron chi connectivity index (χ0n) is 12.7. The lowest BCUT2D eigenvalue weighted by Gasteiger charge is -2.31. The lowest BCUT2D eigenvalue weighted by atomic mass is 9.93. The molecule has 21 heavy (non-hydrogen) atoms. The Labute approximate surface area is 133 Å². The molecular formula is C16H26ClFN2O. The number of ether oxygens (including phenoxy) is 1. The Morgan fingerprint density at radius 1 is 1.33 bits per heavy atom. The molecule has 1 aliphatic rings. The van der Waals surface area contributed by atoms with Crippen molar-refractivity contribution >= 4 is 12.4 Å². The average molecular weight is 317 g/mol. The van der Waals surface area contributed by atoms with Gasteiger partial charge in [-0.2, -0.15) is 0 Å². The van der Waals surface area contributed by atoms with Crippen LogP contribution in [0.2, 0.25) is 0 Å². The van der Waals surface area contributed by atoms with Crippen LogP contribution in [0.3, 0.4) is 0 Å². The quantitative estimate of drug-likeness (QED) is 0.837. The lowest BCUT2D eigenvalue weighted by Crippen LogP contribution is -2.37. The molecule has 1 saturated heterocycles. The molecule has 0 atom stereocenters. The average Bonchev–Trinajstić information content (AvgIpc) is 2.46. The Morgan fingerprint density at radius 2 is 2.10 bits per heavy atom. The summed E-state index contributed by atoms with van der Waals surface area (Å²) in [5, 5.41) is 3.22. The normalized spacial score (nSPS) is 16.5. The van der Waals surface area contributed by atoms with Crippen molar-refractivity contribution in [2.75, 3.05) is 39.8 Å². The van der Waals surface area contributed by atoms with Crippen LogP contribution in [0.4, 0.5) is 4.39 Å². The summed E-state index contributed by atoms with van der Waals surface area (Å²) in [5.74, 6) is 1.24. The minimum absolute atomic E-state index is 0. The van der Waals surface area contributed by atoms with Crippen LogP contribution in [0.1, 0.15) is 19.3 Å². The number of nitrogens with one attached hydrogen (secondary N) is 1. The third-order valence-electron chi connectivity index (χ3n) is 3.98. The first-order valence-corrected chi connectivity index (χ1v) is 7.53. The second kappa shape index (κ2) is 9.98. The standard InChI is InChI=1S/C16H25FN2O.ClH/c1-18-8-5-14-6-9-19(10-7-14)11-12-20-16-4-2-3-15(17)13-16;/h2-4,13-14,18H,5-12H2,1H3;1H. The number of likely N-dealkylation sites (tertiary alicyclic amines) is 1. The minimum Gasteiger partial charge on any atom is -0.492 e. The number of halogens is 2. The van der Waals surface area contributed by atoms with Crippen molar-refractivity contribution in [3.05, 3.63) is 30.1 Å². The summed E-state index contributed by atoms with van der Waals surface area (Å²) in [6.45, 7) is 4.98. The van der Waals surface area contributed by atoms with Crippen LogP contribution in [0.15, 0.2) is 24.3 Å². The highest BCUT2D eigenvalue weighted by Crippen LogP contribution is 2.20. The number of nitrogens with zero attached hydrogens (tertiary/aromatic N) is 1. The van der Waals surface area contributed by atoms with E-state index < -0.39 is 0 Å². The molecule has 1 aliphatic heterocycles. The number of hydrogen-bond donors (Lipinski definition) is 1. The molecule has 1 fully saturated rings. The fraction of sp³-hybridized carbons (Fsp3) is 0.625. The SMILES string of the molecule is CNCCC1CCN(CCOc2cccc(F)c2)CC1.Cl. The summed E-state index contributed by atoms with van der Waals surface area (Å²) >= 11 is 0. The van der Waals surface area contributed by atoms with Gasteiger partial charge in [0.1, 0.15) is 18.2 Å². The highest BCUT2D eigenvalue weighted by atomic mass is 35.5. The molecule has 0 bridgehead atoms. The maximum atomic E-state index is 13.0. The fourth-order valence-electron chi connectivity index (χ4n) is 2.70. The van der Waals surface area contributed by atoms with Gasteiger partial charge in [-0.05, 0) is 64.0 Å². The summed E-state index contributed by atoms with van der Waals surface area (Å²) in [6, 6.07) is 6.35. The van der Waals surface area contributed by atoms with Crippen LogP contribution >= 0.6 is 12.4 Å². The van der Waals surface area contributed by atoms with Gasteiger partial charge in [0.25, 0.3) is 0 Å². The first-order valence-electron chi connectivity index (χ1n) is 7.53. The van der Waals surface area contributed by atoms with Gasteiger partial charge in [0.05, 0.1) is 0 Å². The monoisotopic (exact) mass is 316 g/mol. The summed E-state index contributed by atoms with van der Waals surface area (Å²) in [4.78, 5) is 2.44. The zero-order valence-corrected chi connectivity index (χ0v) is 13.5. The smallest absolute Gasteiger partial charge is 0.126 e. The van der Waals surface area contributed by atoms with Gasteiger partial charge in [-0.15, -0.1) is 12.4 Å². The maximum absolute atomic E-state index is 13.0. The fourth-order valence-corrected chi connectivity index (χ4v) is 2.70. The van der Waals surface area contributed by atoms with Crippen molar-refractivity contribution in [1.29, 1.82) is 0 Å². The Balaban J connectivity index is 0.00000220. The van der Waals surface area contributed by atoms with Crippen molar-refractivity contribution in [3.63, 3.8) is 0 Å². The van der Waals surface area contributed by atoms with E-state index in [9.17, 15) is 4.39 Å². The molecule has 1 heterocycles. The predicted molar refractivity (Wildman–Crippen MR) is 86.9 cm³/mol. The van der Waals surface area contributed by atoms with Gasteiger partial charge in [-0.25, -0.2) is 4.39 Å². The zero-order chi connectivity index (χ0) is 14.2. The Hall–Kier alpha value is -0.840. The molecule has 0 saturated carbocycles. The molecule has 2 rings (SSSR count). The first kappa shape index (κ1) is 18.2. The van der Waals surface area contributed by atoms with E-state index in [-0.39, 0.29) is 18.2 Å². The largest absolute Gasteiger partial charge is 0.492 e. The molecule has 0 aromatic heterocycles. The third-order valence-corrected chi connectivity index (χ3v) is 3.98. The van der Waals surface area contributed by atoms with Crippen LogP contribution in [-0.4, -0.2) is 44.7 Å². The van der Waals surface area contributed by atoms with E-state index in [1.165, 1.54) is 31.4 Å². The minimum atomic E-state index is -0.243. The van der Waals surface area contributed by atoms with Crippen LogP contribution in [-0.2, 0) is 0 Å². The number of rotatable bonds is 7. The molecule has 0 unspecified atom stereocenters. The Kier molecular flexibility index (Phi) is 8.66. The molecule has 3 nitrogen and oxygen atoms in total. The van der Waals surface area contributed by atoms with Crippen LogP contribution in [0.25, 0.3) is 0 Å². The van der Waals surface area contributed by atoms with Crippen LogP contribution in [0, 0.1) is 11.7 Å². The molecule has 120 valence electrons. The second-order valence-electron chi connectivity index (χ2n) is 5.48. The second-order valence-corrected chi connectivity index (χ2v) is 5.48. The topological polar surface area (TPSA) is 24.5 Å². The van der Waals surface area contributed by atoms with Crippen molar-refractivity contribution in [1.82, 2.24) is 10.2 Å². The van der Waals surface area contributed by atoms with E-state index in [4.69, 9.17) is 4.74 Å². The first-order chi connectivity index (χ1) is 9.78. The van der Waals surface area contributed by atoms with E-state index in [0.717, 1.165) is 32.1 Å². The molecule has 0 radical (unpaired) electrons. The van der Waals surface area contributed by atoms with E-state index in [1.54, 1.807) is 12.1 Å². The molecule has 1 N–H and O–H groups in total. The molecule has 0 aliphatic carbocycles. The van der Waals surface area contributed by atoms with Gasteiger partial charge < -0.3 is 10.1 Å². The molecule has 1 aromatic rings. The van der Waals surface area contributed by atoms with E-state index in [0.29, 0.717) is 12.4 Å². The van der Waals surface area contributed by atoms with Crippen molar-refractivity contribution < 1.29 is 9.13 Å². The summed E-state index contributed by atoms with van der Waals surface area (Å²) < 4.78 is 18.6. The summed E-state index contributed by atoms with van der Waals surface area (Å²) in [6.07, 6.45) is 3.84. The lowest BCUT2D eigenvalue weighted by molar-refractivity contribution is 0.151. The van der Waals surface area contributed by atoms with Crippen LogP contribution in [0.5, 0.6) is 5.75 Å². The van der Waals surface area contributed by atoms with Gasteiger partial charge in [0.2, 0.25) is 0 Å². The highest BCUT2D eigenvalue weighted by Gasteiger charge is 2.18. The van der Waals surface area contributed by atoms with Crippen molar-refractivity contribution in [2.45, 2.75) is 19.3 Å². The van der Waals surface area contributed by atoms with E-state index in [1.807, 2.05) is 7.05 Å². The molecule has 0 spiro atoms. The Morgan fingerprint density at radius 3 is 2.76 bits per heavy atom. The Bertz CT molecular complexity index is 398. The maximum Gasteiger partial charge on any atom is 0.126 e. The van der Waals surface area contributed by atoms with Gasteiger partial charge in [-0.1, -0.05) is 6.07 Å². The number of piperidine rings is 1. The highest BCUT2D eigenvalue weighted by molar-refractivity contribution is 5.85. The molecular weight excluding hydrogens is 291 g/mol. The third kappa shape index (κ3) is 6.64. The van der Waals surface area contributed by atoms with Gasteiger partial charge in [0, 0.05) is 12.6 Å². The molecule has 0 amide bonds. The van der Waals surface area contributed by atoms with Gasteiger partial charge >= 0.3 is 0 Å². The van der Waals surface area contributed by atoms with Crippen molar-refractivity contribution in [2.24, 2.45) is 5.92 Å². The summed E-state index contributed by atoms with van der Waals surface area (Å²) in [7, 11) is 2.01. The predicted octanol–water partition coefficient (Wildman–Crippen LogP) is 2.95. The van der Waals surface area contributed by atoms with Crippen molar-refractivity contribution in [3.8, 4) is 5.75 Å². The van der Waals surface area contributed by atoms with E-state index >= 15 is 0 Å².